The molecular formula is C22H25NO4S. The number of fused-ring (bicyclic) bond motifs is 1. The van der Waals surface area contributed by atoms with Crippen LogP contribution in [0.4, 0.5) is 5.69 Å². The molecule has 0 bridgehead atoms. The number of amides is 1. The van der Waals surface area contributed by atoms with Gasteiger partial charge < -0.3 is 9.08 Å². The molecule has 4 rings (SSSR count). The summed E-state index contributed by atoms with van der Waals surface area (Å²) >= 11 is 0. The average Bonchev–Trinajstić information content (AvgIpc) is 3.12. The summed E-state index contributed by atoms with van der Waals surface area (Å²) in [6.45, 7) is 2.07. The average molecular weight is 400 g/mol. The molecule has 0 atom stereocenters. The van der Waals surface area contributed by atoms with Crippen LogP contribution in [0.3, 0.4) is 0 Å². The number of hydrogen-bond acceptors (Lipinski definition) is 4. The van der Waals surface area contributed by atoms with Crippen LogP contribution in [0.1, 0.15) is 56.1 Å². The van der Waals surface area contributed by atoms with Crippen molar-refractivity contribution in [3.8, 4) is 5.75 Å². The van der Waals surface area contributed by atoms with Crippen molar-refractivity contribution in [2.24, 2.45) is 0 Å². The lowest BCUT2D eigenvalue weighted by Crippen LogP contribution is -2.26. The van der Waals surface area contributed by atoms with E-state index >= 15 is 0 Å². The fourth-order valence-corrected chi connectivity index (χ4v) is 5.20. The number of anilines is 1. The molecule has 0 aromatic heterocycles. The molecular weight excluding hydrogens is 374 g/mol. The largest absolute Gasteiger partial charge is 0.379 e. The van der Waals surface area contributed by atoms with Crippen molar-refractivity contribution >= 4 is 21.7 Å². The van der Waals surface area contributed by atoms with Crippen molar-refractivity contribution in [2.45, 2.75) is 56.3 Å². The van der Waals surface area contributed by atoms with Gasteiger partial charge >= 0.3 is 10.1 Å². The van der Waals surface area contributed by atoms with E-state index in [1.807, 2.05) is 12.1 Å². The minimum absolute atomic E-state index is 0.0655. The molecule has 2 aliphatic rings. The molecule has 2 aromatic rings. The summed E-state index contributed by atoms with van der Waals surface area (Å²) in [7, 11) is -3.96. The molecule has 0 radical (unpaired) electrons. The number of carbonyl (C=O) groups excluding carboxylic acids is 1. The van der Waals surface area contributed by atoms with E-state index in [0.717, 1.165) is 12.0 Å². The first-order valence-corrected chi connectivity index (χ1v) is 11.3. The van der Waals surface area contributed by atoms with Gasteiger partial charge in [0.15, 0.2) is 0 Å². The van der Waals surface area contributed by atoms with E-state index in [9.17, 15) is 13.2 Å². The minimum atomic E-state index is -3.96. The molecule has 0 spiro atoms. The van der Waals surface area contributed by atoms with Crippen LogP contribution in [0.5, 0.6) is 5.75 Å². The van der Waals surface area contributed by atoms with Crippen LogP contribution < -0.4 is 9.08 Å². The highest BCUT2D eigenvalue weighted by Crippen LogP contribution is 2.34. The standard InChI is InChI=1S/C22H25NO4S/c1-16(24)23-14-13-19-9-12-21(15-22(19)23)28(25,26)27-20-10-7-18(8-11-20)17-5-3-2-4-6-17/h7-12,15,17H,2-6,13-14H2,1H3. The van der Waals surface area contributed by atoms with Crippen molar-refractivity contribution < 1.29 is 17.4 Å². The SMILES string of the molecule is CC(=O)N1CCc2ccc(S(=O)(=O)Oc3ccc(C4CCCCC4)cc3)cc21. The Morgan fingerprint density at radius 2 is 1.75 bits per heavy atom. The summed E-state index contributed by atoms with van der Waals surface area (Å²) in [5.41, 5.74) is 2.88. The Morgan fingerprint density at radius 1 is 1.04 bits per heavy atom. The molecule has 148 valence electrons. The molecule has 6 heteroatoms. The zero-order valence-electron chi connectivity index (χ0n) is 16.1. The highest BCUT2D eigenvalue weighted by Gasteiger charge is 2.26. The van der Waals surface area contributed by atoms with E-state index in [1.54, 1.807) is 29.2 Å². The van der Waals surface area contributed by atoms with Crippen molar-refractivity contribution in [3.63, 3.8) is 0 Å². The molecule has 1 fully saturated rings. The smallest absolute Gasteiger partial charge is 0.339 e. The van der Waals surface area contributed by atoms with E-state index < -0.39 is 10.1 Å². The number of hydrogen-bond donors (Lipinski definition) is 0. The highest BCUT2D eigenvalue weighted by atomic mass is 32.2. The summed E-state index contributed by atoms with van der Waals surface area (Å²) in [6, 6.07) is 12.3. The van der Waals surface area contributed by atoms with Gasteiger partial charge in [-0.25, -0.2) is 0 Å². The topological polar surface area (TPSA) is 63.7 Å². The first-order chi connectivity index (χ1) is 13.4. The molecule has 28 heavy (non-hydrogen) atoms. The Labute approximate surface area is 166 Å². The normalized spacial score (nSPS) is 17.4. The summed E-state index contributed by atoms with van der Waals surface area (Å²) in [4.78, 5) is 13.4. The Kier molecular flexibility index (Phi) is 5.15. The lowest BCUT2D eigenvalue weighted by molar-refractivity contribution is -0.116. The van der Waals surface area contributed by atoms with Gasteiger partial charge in [-0.05, 0) is 60.6 Å². The molecule has 1 aliphatic carbocycles. The van der Waals surface area contributed by atoms with Crippen molar-refractivity contribution in [1.82, 2.24) is 0 Å². The second-order valence-electron chi connectivity index (χ2n) is 7.65. The Bertz CT molecular complexity index is 976. The summed E-state index contributed by atoms with van der Waals surface area (Å²) < 4.78 is 30.8. The van der Waals surface area contributed by atoms with Crippen LogP contribution in [0, 0.1) is 0 Å². The van der Waals surface area contributed by atoms with E-state index in [0.29, 0.717) is 23.9 Å². The van der Waals surface area contributed by atoms with E-state index in [2.05, 4.69) is 0 Å². The van der Waals surface area contributed by atoms with Gasteiger partial charge in [-0.2, -0.15) is 8.42 Å². The van der Waals surface area contributed by atoms with Gasteiger partial charge in [0.2, 0.25) is 5.91 Å². The number of carbonyl (C=O) groups is 1. The van der Waals surface area contributed by atoms with Gasteiger partial charge in [0.1, 0.15) is 10.6 Å². The maximum absolute atomic E-state index is 12.7. The fraction of sp³-hybridized carbons (Fsp3) is 0.409. The van der Waals surface area contributed by atoms with E-state index in [1.165, 1.54) is 50.7 Å². The van der Waals surface area contributed by atoms with Crippen LogP contribution in [-0.4, -0.2) is 20.9 Å². The zero-order valence-corrected chi connectivity index (χ0v) is 16.9. The maximum atomic E-state index is 12.7. The van der Waals surface area contributed by atoms with Crippen LogP contribution >= 0.6 is 0 Å². The first-order valence-electron chi connectivity index (χ1n) is 9.89. The number of benzene rings is 2. The van der Waals surface area contributed by atoms with Gasteiger partial charge in [-0.15, -0.1) is 0 Å². The zero-order chi connectivity index (χ0) is 19.7. The third-order valence-electron chi connectivity index (χ3n) is 5.78. The molecule has 1 heterocycles. The highest BCUT2D eigenvalue weighted by molar-refractivity contribution is 7.87. The van der Waals surface area contributed by atoms with Crippen LogP contribution in [0.25, 0.3) is 0 Å². The lowest BCUT2D eigenvalue weighted by Gasteiger charge is -2.22. The van der Waals surface area contributed by atoms with E-state index in [4.69, 9.17) is 4.18 Å². The van der Waals surface area contributed by atoms with Gasteiger partial charge in [0.05, 0.1) is 0 Å². The lowest BCUT2D eigenvalue weighted by atomic mass is 9.84. The van der Waals surface area contributed by atoms with Gasteiger partial charge in [-0.3, -0.25) is 4.79 Å². The van der Waals surface area contributed by atoms with Crippen LogP contribution in [0.15, 0.2) is 47.4 Å². The van der Waals surface area contributed by atoms with Crippen molar-refractivity contribution in [3.05, 3.63) is 53.6 Å². The molecule has 1 aliphatic heterocycles. The summed E-state index contributed by atoms with van der Waals surface area (Å²) in [6.07, 6.45) is 6.94. The molecule has 1 saturated carbocycles. The molecule has 1 amide bonds. The third kappa shape index (κ3) is 3.78. The molecule has 0 saturated heterocycles. The predicted octanol–water partition coefficient (Wildman–Crippen LogP) is 4.41. The molecule has 0 N–H and O–H groups in total. The van der Waals surface area contributed by atoms with Gasteiger partial charge in [0, 0.05) is 19.2 Å². The monoisotopic (exact) mass is 399 g/mol. The first kappa shape index (κ1) is 19.0. The predicted molar refractivity (Wildman–Crippen MR) is 108 cm³/mol. The Hall–Kier alpha value is -2.34. The maximum Gasteiger partial charge on any atom is 0.339 e. The minimum Gasteiger partial charge on any atom is -0.379 e. The second kappa shape index (κ2) is 7.59. The van der Waals surface area contributed by atoms with Crippen molar-refractivity contribution in [1.29, 1.82) is 0 Å². The van der Waals surface area contributed by atoms with E-state index in [-0.39, 0.29) is 10.8 Å². The van der Waals surface area contributed by atoms with Gasteiger partial charge in [-0.1, -0.05) is 37.5 Å². The number of nitrogens with zero attached hydrogens (tertiary/aromatic N) is 1. The Balaban J connectivity index is 1.53. The summed E-state index contributed by atoms with van der Waals surface area (Å²) in [5, 5.41) is 0. The molecule has 0 unspecified atom stereocenters. The quantitative estimate of drug-likeness (QED) is 0.715. The van der Waals surface area contributed by atoms with Crippen LogP contribution in [0.2, 0.25) is 0 Å². The van der Waals surface area contributed by atoms with Crippen LogP contribution in [-0.2, 0) is 21.3 Å². The third-order valence-corrected chi connectivity index (χ3v) is 7.03. The number of rotatable bonds is 4. The van der Waals surface area contributed by atoms with Crippen molar-refractivity contribution in [2.75, 3.05) is 11.4 Å². The van der Waals surface area contributed by atoms with Gasteiger partial charge in [0.25, 0.3) is 0 Å². The Morgan fingerprint density at radius 3 is 2.43 bits per heavy atom. The molecule has 2 aromatic carbocycles. The summed E-state index contributed by atoms with van der Waals surface area (Å²) in [5.74, 6) is 0.782. The second-order valence-corrected chi connectivity index (χ2v) is 9.20. The molecule has 5 nitrogen and oxygen atoms in total. The fourth-order valence-electron chi connectivity index (χ4n) is 4.25.